The molecule has 0 spiro atoms. The van der Waals surface area contributed by atoms with Gasteiger partial charge in [-0.1, -0.05) is 13.8 Å². The Morgan fingerprint density at radius 3 is 2.67 bits per heavy atom. The number of hydrogen-bond donors (Lipinski definition) is 1. The lowest BCUT2D eigenvalue weighted by Gasteiger charge is -2.22. The van der Waals surface area contributed by atoms with E-state index in [0.29, 0.717) is 5.92 Å². The fourth-order valence-electron chi connectivity index (χ4n) is 2.12. The minimum Gasteiger partial charge on any atom is -0.370 e. The molecule has 0 bridgehead atoms. The fourth-order valence-corrected chi connectivity index (χ4v) is 2.67. The smallest absolute Gasteiger partial charge is 0.137 e. The quantitative estimate of drug-likeness (QED) is 0.886. The van der Waals surface area contributed by atoms with Crippen LogP contribution in [0.25, 0.3) is 0 Å². The molecule has 0 radical (unpaired) electrons. The van der Waals surface area contributed by atoms with Gasteiger partial charge in [-0.2, -0.15) is 0 Å². The SMILES string of the molecule is CCNc1nc(C(C)C)nc(N(C)Cc2cscn2)c1C. The van der Waals surface area contributed by atoms with Crippen LogP contribution in [0.1, 0.15) is 43.8 Å². The number of anilines is 2. The van der Waals surface area contributed by atoms with E-state index in [0.717, 1.165) is 41.8 Å². The van der Waals surface area contributed by atoms with Crippen LogP contribution in [0, 0.1) is 6.92 Å². The van der Waals surface area contributed by atoms with Crippen LogP contribution in [0.5, 0.6) is 0 Å². The summed E-state index contributed by atoms with van der Waals surface area (Å²) in [6, 6.07) is 0. The maximum atomic E-state index is 4.75. The number of aromatic nitrogens is 3. The minimum absolute atomic E-state index is 0.300. The van der Waals surface area contributed by atoms with Crippen LogP contribution in [0.3, 0.4) is 0 Å². The van der Waals surface area contributed by atoms with E-state index in [2.05, 4.69) is 60.3 Å². The molecule has 0 aliphatic heterocycles. The summed E-state index contributed by atoms with van der Waals surface area (Å²) < 4.78 is 0. The van der Waals surface area contributed by atoms with Gasteiger partial charge in [0.1, 0.15) is 17.5 Å². The summed E-state index contributed by atoms with van der Waals surface area (Å²) >= 11 is 1.62. The first-order valence-corrected chi connectivity index (χ1v) is 8.17. The van der Waals surface area contributed by atoms with Gasteiger partial charge >= 0.3 is 0 Å². The van der Waals surface area contributed by atoms with Crippen molar-refractivity contribution in [1.29, 1.82) is 0 Å². The second-order valence-electron chi connectivity index (χ2n) is 5.40. The summed E-state index contributed by atoms with van der Waals surface area (Å²) in [7, 11) is 2.05. The maximum absolute atomic E-state index is 4.75. The largest absolute Gasteiger partial charge is 0.370 e. The van der Waals surface area contributed by atoms with Gasteiger partial charge in [0.25, 0.3) is 0 Å². The molecule has 5 nitrogen and oxygen atoms in total. The molecular weight excluding hydrogens is 282 g/mol. The molecule has 2 aromatic rings. The normalized spacial score (nSPS) is 11.0. The number of nitrogens with zero attached hydrogens (tertiary/aromatic N) is 4. The minimum atomic E-state index is 0.300. The van der Waals surface area contributed by atoms with E-state index in [4.69, 9.17) is 4.98 Å². The maximum Gasteiger partial charge on any atom is 0.137 e. The third-order valence-corrected chi connectivity index (χ3v) is 3.88. The van der Waals surface area contributed by atoms with Crippen LogP contribution < -0.4 is 10.2 Å². The van der Waals surface area contributed by atoms with Crippen molar-refractivity contribution in [2.45, 2.75) is 40.2 Å². The van der Waals surface area contributed by atoms with Crippen LogP contribution in [-0.2, 0) is 6.54 Å². The lowest BCUT2D eigenvalue weighted by molar-refractivity contribution is 0.757. The predicted octanol–water partition coefficient (Wildman–Crippen LogP) is 3.43. The molecule has 0 aromatic carbocycles. The Balaban J connectivity index is 2.35. The topological polar surface area (TPSA) is 53.9 Å². The second kappa shape index (κ2) is 6.85. The summed E-state index contributed by atoms with van der Waals surface area (Å²) in [5.41, 5.74) is 4.01. The zero-order valence-electron chi connectivity index (χ0n) is 13.3. The van der Waals surface area contributed by atoms with Crippen molar-refractivity contribution in [3.63, 3.8) is 0 Å². The standard InChI is InChI=1S/C15H23N5S/c1-6-16-14-11(4)15(19-13(18-14)10(2)3)20(5)7-12-8-21-9-17-12/h8-10H,6-7H2,1-5H3,(H,16,18,19). The van der Waals surface area contributed by atoms with Crippen molar-refractivity contribution >= 4 is 23.0 Å². The number of hydrogen-bond acceptors (Lipinski definition) is 6. The highest BCUT2D eigenvalue weighted by Crippen LogP contribution is 2.26. The molecule has 1 N–H and O–H groups in total. The second-order valence-corrected chi connectivity index (χ2v) is 6.12. The van der Waals surface area contributed by atoms with Crippen molar-refractivity contribution < 1.29 is 0 Å². The molecule has 0 fully saturated rings. The molecule has 2 aromatic heterocycles. The summed E-state index contributed by atoms with van der Waals surface area (Å²) in [5.74, 6) is 3.07. The highest BCUT2D eigenvalue weighted by molar-refractivity contribution is 7.07. The Morgan fingerprint density at radius 2 is 2.10 bits per heavy atom. The lowest BCUT2D eigenvalue weighted by Crippen LogP contribution is -2.21. The van der Waals surface area contributed by atoms with Gasteiger partial charge in [0, 0.05) is 30.5 Å². The Hall–Kier alpha value is -1.69. The monoisotopic (exact) mass is 305 g/mol. The molecule has 0 saturated heterocycles. The summed E-state index contributed by atoms with van der Waals surface area (Å²) in [4.78, 5) is 15.9. The molecule has 2 rings (SSSR count). The Labute approximate surface area is 130 Å². The molecule has 21 heavy (non-hydrogen) atoms. The highest BCUT2D eigenvalue weighted by Gasteiger charge is 2.16. The first-order chi connectivity index (χ1) is 10.0. The van der Waals surface area contributed by atoms with Gasteiger partial charge < -0.3 is 10.2 Å². The first-order valence-electron chi connectivity index (χ1n) is 7.23. The molecule has 0 saturated carbocycles. The molecule has 0 amide bonds. The van der Waals surface area contributed by atoms with Crippen molar-refractivity contribution in [3.8, 4) is 0 Å². The van der Waals surface area contributed by atoms with E-state index in [1.54, 1.807) is 11.3 Å². The highest BCUT2D eigenvalue weighted by atomic mass is 32.1. The molecule has 0 unspecified atom stereocenters. The number of nitrogens with one attached hydrogen (secondary N) is 1. The summed E-state index contributed by atoms with van der Waals surface area (Å²) in [6.45, 7) is 9.98. The van der Waals surface area contributed by atoms with E-state index < -0.39 is 0 Å². The van der Waals surface area contributed by atoms with Gasteiger partial charge in [-0.25, -0.2) is 15.0 Å². The Morgan fingerprint density at radius 1 is 1.33 bits per heavy atom. The van der Waals surface area contributed by atoms with E-state index in [9.17, 15) is 0 Å². The first kappa shape index (κ1) is 15.7. The van der Waals surface area contributed by atoms with Crippen molar-refractivity contribution in [2.75, 3.05) is 23.8 Å². The van der Waals surface area contributed by atoms with Crippen LogP contribution in [0.4, 0.5) is 11.6 Å². The van der Waals surface area contributed by atoms with Crippen LogP contribution >= 0.6 is 11.3 Å². The van der Waals surface area contributed by atoms with Gasteiger partial charge in [0.05, 0.1) is 17.7 Å². The van der Waals surface area contributed by atoms with Crippen LogP contribution in [-0.4, -0.2) is 28.5 Å². The van der Waals surface area contributed by atoms with E-state index in [-0.39, 0.29) is 0 Å². The molecule has 114 valence electrons. The molecule has 0 aliphatic carbocycles. The van der Waals surface area contributed by atoms with Crippen molar-refractivity contribution in [3.05, 3.63) is 28.0 Å². The third-order valence-electron chi connectivity index (χ3n) is 3.24. The van der Waals surface area contributed by atoms with Crippen molar-refractivity contribution in [2.24, 2.45) is 0 Å². The van der Waals surface area contributed by atoms with E-state index in [1.165, 1.54) is 0 Å². The van der Waals surface area contributed by atoms with Gasteiger partial charge in [0.2, 0.25) is 0 Å². The Kier molecular flexibility index (Phi) is 5.12. The van der Waals surface area contributed by atoms with Gasteiger partial charge in [-0.05, 0) is 13.8 Å². The molecule has 6 heteroatoms. The third kappa shape index (κ3) is 3.69. The Bertz CT molecular complexity index is 580. The molecular formula is C15H23N5S. The average molecular weight is 305 g/mol. The molecule has 0 aliphatic rings. The lowest BCUT2D eigenvalue weighted by atomic mass is 10.2. The zero-order chi connectivity index (χ0) is 15.4. The molecule has 0 atom stereocenters. The molecule has 2 heterocycles. The summed E-state index contributed by atoms with van der Waals surface area (Å²) in [6.07, 6.45) is 0. The van der Waals surface area contributed by atoms with Crippen molar-refractivity contribution in [1.82, 2.24) is 15.0 Å². The number of rotatable bonds is 6. The van der Waals surface area contributed by atoms with Crippen LogP contribution in [0.2, 0.25) is 0 Å². The fraction of sp³-hybridized carbons (Fsp3) is 0.533. The van der Waals surface area contributed by atoms with E-state index in [1.807, 2.05) is 5.51 Å². The number of thiazole rings is 1. The predicted molar refractivity (Wildman–Crippen MR) is 89.2 cm³/mol. The van der Waals surface area contributed by atoms with Gasteiger partial charge in [0.15, 0.2) is 0 Å². The van der Waals surface area contributed by atoms with Crippen LogP contribution in [0.15, 0.2) is 10.9 Å². The van der Waals surface area contributed by atoms with Gasteiger partial charge in [-0.3, -0.25) is 0 Å². The van der Waals surface area contributed by atoms with E-state index >= 15 is 0 Å². The summed E-state index contributed by atoms with van der Waals surface area (Å²) in [5, 5.41) is 5.40. The zero-order valence-corrected chi connectivity index (χ0v) is 14.2. The average Bonchev–Trinajstić information content (AvgIpc) is 2.93. The van der Waals surface area contributed by atoms with Gasteiger partial charge in [-0.15, -0.1) is 11.3 Å².